The fourth-order valence-corrected chi connectivity index (χ4v) is 4.47. The lowest BCUT2D eigenvalue weighted by atomic mass is 9.97. The first kappa shape index (κ1) is 19.1. The molecule has 0 unspecified atom stereocenters. The molecule has 0 spiro atoms. The highest BCUT2D eigenvalue weighted by Crippen LogP contribution is 2.31. The van der Waals surface area contributed by atoms with E-state index in [1.54, 1.807) is 0 Å². The van der Waals surface area contributed by atoms with Gasteiger partial charge in [-0.25, -0.2) is 0 Å². The van der Waals surface area contributed by atoms with Crippen LogP contribution in [0.5, 0.6) is 0 Å². The van der Waals surface area contributed by atoms with Crippen LogP contribution in [0.25, 0.3) is 0 Å². The van der Waals surface area contributed by atoms with Crippen LogP contribution in [0, 0.1) is 5.92 Å². The van der Waals surface area contributed by atoms with E-state index in [-0.39, 0.29) is 12.5 Å². The molecule has 0 bridgehead atoms. The van der Waals surface area contributed by atoms with Crippen LogP contribution >= 0.6 is 0 Å². The maximum absolute atomic E-state index is 12.5. The molecule has 3 rings (SSSR count). The van der Waals surface area contributed by atoms with Gasteiger partial charge in [-0.15, -0.1) is 0 Å². The van der Waals surface area contributed by atoms with E-state index in [1.165, 1.54) is 51.5 Å². The predicted molar refractivity (Wildman–Crippen MR) is 100 cm³/mol. The summed E-state index contributed by atoms with van der Waals surface area (Å²) in [5, 5.41) is 12.7. The Bertz CT molecular complexity index is 406. The SMILES string of the molecule is O=C(CN1CCN(CC2CC2)[C@H](CCO)C1)NC1CCCCCCC1. The van der Waals surface area contributed by atoms with E-state index >= 15 is 0 Å². The van der Waals surface area contributed by atoms with Gasteiger partial charge in [0.05, 0.1) is 6.54 Å². The van der Waals surface area contributed by atoms with Gasteiger partial charge >= 0.3 is 0 Å². The third kappa shape index (κ3) is 6.54. The Labute approximate surface area is 153 Å². The molecule has 0 aromatic rings. The number of hydrogen-bond donors (Lipinski definition) is 2. The summed E-state index contributed by atoms with van der Waals surface area (Å²) in [6.07, 6.45) is 12.4. The average Bonchev–Trinajstić information content (AvgIpc) is 3.37. The van der Waals surface area contributed by atoms with Crippen molar-refractivity contribution in [2.24, 2.45) is 5.92 Å². The number of piperazine rings is 1. The molecule has 2 saturated carbocycles. The van der Waals surface area contributed by atoms with Crippen molar-refractivity contribution in [3.63, 3.8) is 0 Å². The van der Waals surface area contributed by atoms with Gasteiger partial charge in [0, 0.05) is 44.9 Å². The molecule has 0 radical (unpaired) electrons. The van der Waals surface area contributed by atoms with Gasteiger partial charge < -0.3 is 10.4 Å². The van der Waals surface area contributed by atoms with E-state index in [0.29, 0.717) is 18.6 Å². The lowest BCUT2D eigenvalue weighted by Gasteiger charge is -2.41. The monoisotopic (exact) mass is 351 g/mol. The molecule has 3 fully saturated rings. The van der Waals surface area contributed by atoms with E-state index in [4.69, 9.17) is 0 Å². The Hall–Kier alpha value is -0.650. The van der Waals surface area contributed by atoms with Crippen LogP contribution in [0.1, 0.15) is 64.2 Å². The van der Waals surface area contributed by atoms with E-state index in [1.807, 2.05) is 0 Å². The van der Waals surface area contributed by atoms with Crippen LogP contribution < -0.4 is 5.32 Å². The van der Waals surface area contributed by atoms with Gasteiger partial charge in [-0.3, -0.25) is 14.6 Å². The Morgan fingerprint density at radius 1 is 1.00 bits per heavy atom. The second-order valence-corrected chi connectivity index (χ2v) is 8.45. The summed E-state index contributed by atoms with van der Waals surface area (Å²) >= 11 is 0. The highest BCUT2D eigenvalue weighted by atomic mass is 16.3. The summed E-state index contributed by atoms with van der Waals surface area (Å²) in [5.74, 6) is 1.08. The standard InChI is InChI=1S/C20H37N3O2/c24-13-10-19-15-22(11-12-23(19)14-17-8-9-17)16-20(25)21-18-6-4-2-1-3-5-7-18/h17-19,24H,1-16H2,(H,21,25)/t19-/m1/s1. The lowest BCUT2D eigenvalue weighted by Crippen LogP contribution is -2.56. The Morgan fingerprint density at radius 3 is 2.40 bits per heavy atom. The normalized spacial score (nSPS) is 27.6. The van der Waals surface area contributed by atoms with Crippen LogP contribution in [0.3, 0.4) is 0 Å². The summed E-state index contributed by atoms with van der Waals surface area (Å²) in [6, 6.07) is 0.797. The van der Waals surface area contributed by atoms with E-state index in [2.05, 4.69) is 15.1 Å². The third-order valence-electron chi connectivity index (χ3n) is 6.18. The molecule has 5 heteroatoms. The molecule has 0 aromatic carbocycles. The van der Waals surface area contributed by atoms with Crippen LogP contribution in [0.15, 0.2) is 0 Å². The van der Waals surface area contributed by atoms with Gasteiger partial charge in [-0.1, -0.05) is 32.1 Å². The van der Waals surface area contributed by atoms with Crippen LogP contribution in [-0.2, 0) is 4.79 Å². The molecule has 2 N–H and O–H groups in total. The smallest absolute Gasteiger partial charge is 0.234 e. The zero-order valence-corrected chi connectivity index (χ0v) is 15.8. The number of nitrogens with one attached hydrogen (secondary N) is 1. The molecule has 1 atom stereocenters. The van der Waals surface area contributed by atoms with Gasteiger partial charge in [0.2, 0.25) is 5.91 Å². The van der Waals surface area contributed by atoms with Crippen molar-refractivity contribution in [3.8, 4) is 0 Å². The van der Waals surface area contributed by atoms with Gasteiger partial charge in [-0.2, -0.15) is 0 Å². The highest BCUT2D eigenvalue weighted by molar-refractivity contribution is 5.78. The molecule has 1 aliphatic heterocycles. The molecule has 25 heavy (non-hydrogen) atoms. The second kappa shape index (κ2) is 9.89. The molecule has 5 nitrogen and oxygen atoms in total. The molecule has 2 aliphatic carbocycles. The number of hydrogen-bond acceptors (Lipinski definition) is 4. The van der Waals surface area contributed by atoms with Crippen LogP contribution in [0.4, 0.5) is 0 Å². The zero-order valence-electron chi connectivity index (χ0n) is 15.8. The van der Waals surface area contributed by atoms with Crippen LogP contribution in [-0.4, -0.2) is 72.2 Å². The fraction of sp³-hybridized carbons (Fsp3) is 0.950. The number of nitrogens with zero attached hydrogens (tertiary/aromatic N) is 2. The number of aliphatic hydroxyl groups excluding tert-OH is 1. The Kier molecular flexibility index (Phi) is 7.56. The fourth-order valence-electron chi connectivity index (χ4n) is 4.47. The van der Waals surface area contributed by atoms with E-state index in [0.717, 1.165) is 44.8 Å². The van der Waals surface area contributed by atoms with Crippen molar-refractivity contribution in [2.45, 2.75) is 76.3 Å². The minimum absolute atomic E-state index is 0.198. The molecular weight excluding hydrogens is 314 g/mol. The molecule has 3 aliphatic rings. The zero-order chi connectivity index (χ0) is 17.5. The van der Waals surface area contributed by atoms with Crippen molar-refractivity contribution >= 4 is 5.91 Å². The number of carbonyl (C=O) groups excluding carboxylic acids is 1. The second-order valence-electron chi connectivity index (χ2n) is 8.45. The molecule has 1 amide bonds. The molecule has 144 valence electrons. The predicted octanol–water partition coefficient (Wildman–Crippen LogP) is 1.99. The summed E-state index contributed by atoms with van der Waals surface area (Å²) in [5.41, 5.74) is 0. The number of carbonyl (C=O) groups is 1. The molecule has 1 heterocycles. The minimum Gasteiger partial charge on any atom is -0.396 e. The Balaban J connectivity index is 1.42. The summed E-state index contributed by atoms with van der Waals surface area (Å²) in [6.45, 7) is 4.90. The largest absolute Gasteiger partial charge is 0.396 e. The third-order valence-corrected chi connectivity index (χ3v) is 6.18. The van der Waals surface area contributed by atoms with Gasteiger partial charge in [-0.05, 0) is 38.0 Å². The van der Waals surface area contributed by atoms with Crippen molar-refractivity contribution in [2.75, 3.05) is 39.3 Å². The topological polar surface area (TPSA) is 55.8 Å². The maximum Gasteiger partial charge on any atom is 0.234 e. The first-order valence-corrected chi connectivity index (χ1v) is 10.6. The van der Waals surface area contributed by atoms with Crippen molar-refractivity contribution < 1.29 is 9.90 Å². The van der Waals surface area contributed by atoms with Crippen molar-refractivity contribution in [3.05, 3.63) is 0 Å². The van der Waals surface area contributed by atoms with E-state index in [9.17, 15) is 9.90 Å². The number of rotatable bonds is 7. The van der Waals surface area contributed by atoms with Crippen molar-refractivity contribution in [1.82, 2.24) is 15.1 Å². The summed E-state index contributed by atoms with van der Waals surface area (Å²) in [4.78, 5) is 17.3. The van der Waals surface area contributed by atoms with Crippen molar-refractivity contribution in [1.29, 1.82) is 0 Å². The number of amides is 1. The molecule has 1 saturated heterocycles. The first-order chi connectivity index (χ1) is 12.2. The van der Waals surface area contributed by atoms with Gasteiger partial charge in [0.25, 0.3) is 0 Å². The molecular formula is C20H37N3O2. The van der Waals surface area contributed by atoms with E-state index < -0.39 is 0 Å². The highest BCUT2D eigenvalue weighted by Gasteiger charge is 2.32. The number of aliphatic hydroxyl groups is 1. The maximum atomic E-state index is 12.5. The summed E-state index contributed by atoms with van der Waals surface area (Å²) in [7, 11) is 0. The Morgan fingerprint density at radius 2 is 1.72 bits per heavy atom. The summed E-state index contributed by atoms with van der Waals surface area (Å²) < 4.78 is 0. The average molecular weight is 352 g/mol. The quantitative estimate of drug-likeness (QED) is 0.737. The van der Waals surface area contributed by atoms with Gasteiger partial charge in [0.1, 0.15) is 0 Å². The van der Waals surface area contributed by atoms with Crippen LogP contribution in [0.2, 0.25) is 0 Å². The first-order valence-electron chi connectivity index (χ1n) is 10.6. The minimum atomic E-state index is 0.198. The van der Waals surface area contributed by atoms with Gasteiger partial charge in [0.15, 0.2) is 0 Å². The molecule has 0 aromatic heterocycles. The lowest BCUT2D eigenvalue weighted by molar-refractivity contribution is -0.123.